The number of carboxylic acid groups (broad SMARTS) is 1. The van der Waals surface area contributed by atoms with Crippen molar-refractivity contribution in [3.8, 4) is 0 Å². The lowest BCUT2D eigenvalue weighted by molar-refractivity contribution is 0.0696. The first kappa shape index (κ1) is 13.6. The third-order valence-electron chi connectivity index (χ3n) is 4.81. The Labute approximate surface area is 120 Å². The average Bonchev–Trinajstić information content (AvgIpc) is 2.67. The van der Waals surface area contributed by atoms with Crippen LogP contribution in [0.25, 0.3) is 0 Å². The Morgan fingerprint density at radius 1 is 1.30 bits per heavy atom. The van der Waals surface area contributed by atoms with Crippen molar-refractivity contribution in [3.05, 3.63) is 35.4 Å². The Bertz CT molecular complexity index is 503. The highest BCUT2D eigenvalue weighted by molar-refractivity contribution is 5.87. The fraction of sp³-hybridized carbons (Fsp3) is 0.562. The number of rotatable bonds is 3. The molecule has 0 radical (unpaired) electrons. The second-order valence-electron chi connectivity index (χ2n) is 6.08. The van der Waals surface area contributed by atoms with Crippen molar-refractivity contribution < 1.29 is 9.90 Å². The molecule has 0 unspecified atom stereocenters. The molecule has 1 aromatic rings. The van der Waals surface area contributed by atoms with E-state index in [0.717, 1.165) is 31.2 Å². The molecule has 2 saturated heterocycles. The zero-order valence-corrected chi connectivity index (χ0v) is 12.0. The van der Waals surface area contributed by atoms with Gasteiger partial charge < -0.3 is 5.11 Å². The molecule has 2 atom stereocenters. The first-order valence-corrected chi connectivity index (χ1v) is 7.40. The van der Waals surface area contributed by atoms with Crippen molar-refractivity contribution in [3.63, 3.8) is 0 Å². The van der Waals surface area contributed by atoms with Crippen molar-refractivity contribution in [2.75, 3.05) is 20.1 Å². The molecule has 20 heavy (non-hydrogen) atoms. The molecule has 0 saturated carbocycles. The van der Waals surface area contributed by atoms with E-state index in [9.17, 15) is 4.79 Å². The van der Waals surface area contributed by atoms with Crippen LogP contribution in [0, 0.1) is 0 Å². The van der Waals surface area contributed by atoms with Gasteiger partial charge in [0.2, 0.25) is 0 Å². The van der Waals surface area contributed by atoms with Gasteiger partial charge in [0.1, 0.15) is 0 Å². The summed E-state index contributed by atoms with van der Waals surface area (Å²) in [7, 11) is 2.25. The predicted molar refractivity (Wildman–Crippen MR) is 77.9 cm³/mol. The molecule has 4 nitrogen and oxygen atoms in total. The van der Waals surface area contributed by atoms with Crippen molar-refractivity contribution in [2.24, 2.45) is 0 Å². The SMILES string of the molecule is CN1[C@@H]2CC[C@H]1CN(Cc1cccc(C(=O)O)c1)CC2. The highest BCUT2D eigenvalue weighted by Crippen LogP contribution is 2.29. The molecule has 108 valence electrons. The Hall–Kier alpha value is -1.39. The van der Waals surface area contributed by atoms with Gasteiger partial charge in [0.15, 0.2) is 0 Å². The summed E-state index contributed by atoms with van der Waals surface area (Å²) in [6.45, 7) is 3.07. The normalized spacial score (nSPS) is 27.4. The number of likely N-dealkylation sites (tertiary alicyclic amines) is 1. The van der Waals surface area contributed by atoms with Gasteiger partial charge >= 0.3 is 5.97 Å². The van der Waals surface area contributed by atoms with Crippen molar-refractivity contribution in [1.82, 2.24) is 9.80 Å². The Morgan fingerprint density at radius 3 is 2.90 bits per heavy atom. The first-order valence-electron chi connectivity index (χ1n) is 7.40. The number of fused-ring (bicyclic) bond motifs is 2. The second-order valence-corrected chi connectivity index (χ2v) is 6.08. The number of benzene rings is 1. The van der Waals surface area contributed by atoms with Crippen LogP contribution < -0.4 is 0 Å². The standard InChI is InChI=1S/C16H22N2O2/c1-17-14-5-6-15(17)11-18(8-7-14)10-12-3-2-4-13(9-12)16(19)20/h2-4,9,14-15H,5-8,10-11H2,1H3,(H,19,20)/t14-,15+/m1/s1. The zero-order chi connectivity index (χ0) is 14.1. The van der Waals surface area contributed by atoms with Crippen LogP contribution in [-0.2, 0) is 6.54 Å². The van der Waals surface area contributed by atoms with Crippen LogP contribution in [0.2, 0.25) is 0 Å². The van der Waals surface area contributed by atoms with E-state index < -0.39 is 5.97 Å². The molecule has 2 aliphatic rings. The minimum atomic E-state index is -0.846. The monoisotopic (exact) mass is 274 g/mol. The number of carbonyl (C=O) groups is 1. The highest BCUT2D eigenvalue weighted by Gasteiger charge is 2.34. The Morgan fingerprint density at radius 2 is 2.10 bits per heavy atom. The number of hydrogen-bond donors (Lipinski definition) is 1. The summed E-state index contributed by atoms with van der Waals surface area (Å²) in [6, 6.07) is 8.74. The highest BCUT2D eigenvalue weighted by atomic mass is 16.4. The van der Waals surface area contributed by atoms with Crippen molar-refractivity contribution in [1.29, 1.82) is 0 Å². The van der Waals surface area contributed by atoms with Crippen LogP contribution in [0.5, 0.6) is 0 Å². The summed E-state index contributed by atoms with van der Waals surface area (Å²) in [5.41, 5.74) is 1.49. The van der Waals surface area contributed by atoms with Crippen LogP contribution in [0.4, 0.5) is 0 Å². The lowest BCUT2D eigenvalue weighted by Crippen LogP contribution is -2.36. The molecule has 0 aliphatic carbocycles. The summed E-state index contributed by atoms with van der Waals surface area (Å²) in [5.74, 6) is -0.846. The summed E-state index contributed by atoms with van der Waals surface area (Å²) in [5, 5.41) is 9.06. The Kier molecular flexibility index (Phi) is 3.76. The van der Waals surface area contributed by atoms with E-state index in [1.165, 1.54) is 19.3 Å². The van der Waals surface area contributed by atoms with Crippen molar-refractivity contribution in [2.45, 2.75) is 37.9 Å². The van der Waals surface area contributed by atoms with Crippen LogP contribution in [-0.4, -0.2) is 53.1 Å². The molecular weight excluding hydrogens is 252 g/mol. The van der Waals surface area contributed by atoms with Gasteiger partial charge in [-0.2, -0.15) is 0 Å². The molecule has 4 heteroatoms. The van der Waals surface area contributed by atoms with E-state index in [1.54, 1.807) is 12.1 Å². The maximum atomic E-state index is 11.0. The molecular formula is C16H22N2O2. The number of carboxylic acids is 1. The van der Waals surface area contributed by atoms with Crippen LogP contribution in [0.3, 0.4) is 0 Å². The largest absolute Gasteiger partial charge is 0.478 e. The van der Waals surface area contributed by atoms with Gasteiger partial charge in [-0.05, 0) is 44.0 Å². The average molecular weight is 274 g/mol. The van der Waals surface area contributed by atoms with Gasteiger partial charge in [-0.15, -0.1) is 0 Å². The third kappa shape index (κ3) is 2.72. The summed E-state index contributed by atoms with van der Waals surface area (Å²) in [4.78, 5) is 16.0. The third-order valence-corrected chi connectivity index (χ3v) is 4.81. The number of likely N-dealkylation sites (N-methyl/N-ethyl adjacent to an activating group) is 1. The lowest BCUT2D eigenvalue weighted by Gasteiger charge is -2.25. The maximum Gasteiger partial charge on any atom is 0.335 e. The summed E-state index contributed by atoms with van der Waals surface area (Å²) >= 11 is 0. The van der Waals surface area contributed by atoms with Gasteiger partial charge in [-0.3, -0.25) is 9.80 Å². The van der Waals surface area contributed by atoms with E-state index in [2.05, 4.69) is 16.8 Å². The molecule has 2 aliphatic heterocycles. The molecule has 0 aromatic heterocycles. The first-order chi connectivity index (χ1) is 9.63. The van der Waals surface area contributed by atoms with E-state index in [1.807, 2.05) is 12.1 Å². The van der Waals surface area contributed by atoms with Gasteiger partial charge in [0, 0.05) is 31.7 Å². The molecule has 2 bridgehead atoms. The quantitative estimate of drug-likeness (QED) is 0.916. The zero-order valence-electron chi connectivity index (χ0n) is 12.0. The second kappa shape index (κ2) is 5.54. The fourth-order valence-electron chi connectivity index (χ4n) is 3.58. The topological polar surface area (TPSA) is 43.8 Å². The number of hydrogen-bond acceptors (Lipinski definition) is 3. The van der Waals surface area contributed by atoms with Gasteiger partial charge in [-0.1, -0.05) is 12.1 Å². The summed E-state index contributed by atoms with van der Waals surface area (Å²) < 4.78 is 0. The molecule has 3 rings (SSSR count). The minimum absolute atomic E-state index is 0.385. The van der Waals surface area contributed by atoms with E-state index >= 15 is 0 Å². The van der Waals surface area contributed by atoms with Gasteiger partial charge in [0.25, 0.3) is 0 Å². The number of nitrogens with zero attached hydrogens (tertiary/aromatic N) is 2. The number of aromatic carboxylic acids is 1. The van der Waals surface area contributed by atoms with Crippen LogP contribution in [0.15, 0.2) is 24.3 Å². The van der Waals surface area contributed by atoms with Gasteiger partial charge in [0.05, 0.1) is 5.56 Å². The fourth-order valence-corrected chi connectivity index (χ4v) is 3.58. The Balaban J connectivity index is 1.69. The van der Waals surface area contributed by atoms with E-state index in [0.29, 0.717) is 11.6 Å². The maximum absolute atomic E-state index is 11.0. The van der Waals surface area contributed by atoms with E-state index in [4.69, 9.17) is 5.11 Å². The van der Waals surface area contributed by atoms with Gasteiger partial charge in [-0.25, -0.2) is 4.79 Å². The van der Waals surface area contributed by atoms with E-state index in [-0.39, 0.29) is 0 Å². The molecule has 0 spiro atoms. The molecule has 0 amide bonds. The van der Waals surface area contributed by atoms with Crippen LogP contribution in [0.1, 0.15) is 35.2 Å². The molecule has 2 heterocycles. The van der Waals surface area contributed by atoms with Crippen molar-refractivity contribution >= 4 is 5.97 Å². The molecule has 1 aromatic carbocycles. The minimum Gasteiger partial charge on any atom is -0.478 e. The lowest BCUT2D eigenvalue weighted by atomic mass is 10.1. The molecule has 2 fully saturated rings. The predicted octanol–water partition coefficient (Wildman–Crippen LogP) is 2.05. The molecule has 1 N–H and O–H groups in total. The summed E-state index contributed by atoms with van der Waals surface area (Å²) in [6.07, 6.45) is 3.86. The smallest absolute Gasteiger partial charge is 0.335 e. The van der Waals surface area contributed by atoms with Crippen LogP contribution >= 0.6 is 0 Å².